The van der Waals surface area contributed by atoms with Crippen LogP contribution >= 0.6 is 23.1 Å². The molecule has 0 radical (unpaired) electrons. The molecule has 0 saturated carbocycles. The van der Waals surface area contributed by atoms with Crippen molar-refractivity contribution in [2.45, 2.75) is 47.5 Å². The summed E-state index contributed by atoms with van der Waals surface area (Å²) in [6.45, 7) is 3.33. The zero-order valence-electron chi connectivity index (χ0n) is 24.0. The summed E-state index contributed by atoms with van der Waals surface area (Å²) >= 11 is 3.05. The number of fused-ring (bicyclic) bond motifs is 1. The molecule has 12 nitrogen and oxygen atoms in total. The van der Waals surface area contributed by atoms with Crippen molar-refractivity contribution in [1.82, 2.24) is 30.1 Å². The zero-order valence-corrected chi connectivity index (χ0v) is 26.4. The van der Waals surface area contributed by atoms with Crippen molar-refractivity contribution < 1.29 is 27.5 Å². The van der Waals surface area contributed by atoms with Crippen molar-refractivity contribution >= 4 is 50.9 Å². The van der Waals surface area contributed by atoms with E-state index in [4.69, 9.17) is 9.47 Å². The number of nitrogens with zero attached hydrogens (tertiary/aromatic N) is 6. The number of methoxy groups -OCH3 is 1. The van der Waals surface area contributed by atoms with Gasteiger partial charge in [-0.25, -0.2) is 13.2 Å². The monoisotopic (exact) mass is 652 g/mol. The van der Waals surface area contributed by atoms with Crippen LogP contribution in [0.3, 0.4) is 0 Å². The fourth-order valence-electron chi connectivity index (χ4n) is 5.12. The predicted molar refractivity (Wildman–Crippen MR) is 164 cm³/mol. The standard InChI is InChI=1S/C29H28N6O6S3/c1-29(2)23(27(37)41-17-18-9-11-21(40-3)12-10-18)35-25(36)22(26(35)44(29,38)39)15-20-16-34(33-30-20)13-14-42-28-32-31-24(43-28)19-7-5-4-6-8-19/h4-12,15-16,23,26H,13-14,17H2,1-3H3/b22-15-/t23-,26+/m0/s1. The van der Waals surface area contributed by atoms with Gasteiger partial charge in [-0.1, -0.05) is 70.8 Å². The van der Waals surface area contributed by atoms with Crippen LogP contribution in [0.15, 0.2) is 70.7 Å². The molecule has 0 spiro atoms. The number of ether oxygens (including phenoxy) is 2. The van der Waals surface area contributed by atoms with Gasteiger partial charge in [0.1, 0.15) is 27.8 Å². The highest BCUT2D eigenvalue weighted by Gasteiger charge is 2.70. The van der Waals surface area contributed by atoms with E-state index in [1.807, 2.05) is 30.3 Å². The number of rotatable bonds is 10. The number of hydrogen-bond acceptors (Lipinski definition) is 12. The lowest BCUT2D eigenvalue weighted by Gasteiger charge is -2.38. The molecule has 2 aromatic heterocycles. The Labute approximate surface area is 262 Å². The molecule has 2 aliphatic rings. The molecule has 2 fully saturated rings. The molecule has 228 valence electrons. The summed E-state index contributed by atoms with van der Waals surface area (Å²) < 4.78 is 38.6. The van der Waals surface area contributed by atoms with E-state index in [0.717, 1.165) is 19.8 Å². The van der Waals surface area contributed by atoms with Crippen molar-refractivity contribution in [2.24, 2.45) is 0 Å². The van der Waals surface area contributed by atoms with Gasteiger partial charge in [0.25, 0.3) is 5.91 Å². The van der Waals surface area contributed by atoms with Gasteiger partial charge in [-0.3, -0.25) is 9.48 Å². The average Bonchev–Trinajstić information content (AvgIpc) is 3.72. The van der Waals surface area contributed by atoms with Gasteiger partial charge in [0.05, 0.1) is 25.4 Å². The first-order chi connectivity index (χ1) is 21.1. The van der Waals surface area contributed by atoms with Crippen LogP contribution in [0.2, 0.25) is 0 Å². The summed E-state index contributed by atoms with van der Waals surface area (Å²) in [6, 6.07) is 15.5. The lowest BCUT2D eigenvalue weighted by Crippen LogP contribution is -2.59. The SMILES string of the molecule is COc1ccc(COC(=O)[C@@H]2N3C(=O)/C(=C/c4cn(CCSc5nnc(-c6ccccc6)s5)nn4)[C@H]3S(=O)(=O)C2(C)C)cc1. The van der Waals surface area contributed by atoms with Crippen LogP contribution in [-0.2, 0) is 37.3 Å². The van der Waals surface area contributed by atoms with Crippen LogP contribution in [0.1, 0.15) is 25.1 Å². The van der Waals surface area contributed by atoms with Gasteiger partial charge in [-0.2, -0.15) is 0 Å². The minimum absolute atomic E-state index is 0.0484. The van der Waals surface area contributed by atoms with Crippen molar-refractivity contribution in [3.05, 3.63) is 77.6 Å². The van der Waals surface area contributed by atoms with E-state index in [-0.39, 0.29) is 12.2 Å². The molecule has 15 heteroatoms. The highest BCUT2D eigenvalue weighted by Crippen LogP contribution is 2.49. The molecule has 2 atom stereocenters. The van der Waals surface area contributed by atoms with E-state index < -0.39 is 37.9 Å². The van der Waals surface area contributed by atoms with Crippen molar-refractivity contribution in [2.75, 3.05) is 12.9 Å². The lowest BCUT2D eigenvalue weighted by molar-refractivity contribution is -0.158. The summed E-state index contributed by atoms with van der Waals surface area (Å²) in [5.74, 6) is -0.0208. The fraction of sp³-hybridized carbons (Fsp3) is 0.310. The molecule has 0 N–H and O–H groups in total. The lowest BCUT2D eigenvalue weighted by atomic mass is 9.95. The number of benzene rings is 2. The highest BCUT2D eigenvalue weighted by molar-refractivity contribution is 8.01. The topological polar surface area (TPSA) is 146 Å². The van der Waals surface area contributed by atoms with Crippen molar-refractivity contribution in [3.8, 4) is 16.3 Å². The number of carbonyl (C=O) groups is 2. The summed E-state index contributed by atoms with van der Waals surface area (Å²) in [6.07, 6.45) is 3.07. The first-order valence-corrected chi connectivity index (χ1v) is 16.9. The van der Waals surface area contributed by atoms with Crippen LogP contribution < -0.4 is 4.74 Å². The van der Waals surface area contributed by atoms with Crippen molar-refractivity contribution in [3.63, 3.8) is 0 Å². The molecule has 2 aromatic carbocycles. The van der Waals surface area contributed by atoms with E-state index in [1.165, 1.54) is 31.3 Å². The number of amides is 1. The van der Waals surface area contributed by atoms with Crippen molar-refractivity contribution in [1.29, 1.82) is 0 Å². The van der Waals surface area contributed by atoms with Gasteiger partial charge in [-0.05, 0) is 37.6 Å². The molecule has 0 aliphatic carbocycles. The molecule has 44 heavy (non-hydrogen) atoms. The minimum atomic E-state index is -3.96. The molecule has 4 aromatic rings. The minimum Gasteiger partial charge on any atom is -0.497 e. The Bertz CT molecular complexity index is 1840. The van der Waals surface area contributed by atoms with Crippen LogP contribution in [-0.4, -0.2) is 79.4 Å². The highest BCUT2D eigenvalue weighted by atomic mass is 32.2. The van der Waals surface area contributed by atoms with E-state index >= 15 is 0 Å². The second-order valence-electron chi connectivity index (χ2n) is 10.7. The average molecular weight is 653 g/mol. The molecule has 2 aliphatic heterocycles. The Morgan fingerprint density at radius 3 is 2.57 bits per heavy atom. The smallest absolute Gasteiger partial charge is 0.330 e. The first kappa shape index (κ1) is 30.0. The number of aromatic nitrogens is 5. The number of hydrogen-bond donors (Lipinski definition) is 0. The molecular weight excluding hydrogens is 625 g/mol. The van der Waals surface area contributed by atoms with Crippen LogP contribution in [0.25, 0.3) is 16.6 Å². The Balaban J connectivity index is 1.10. The quantitative estimate of drug-likeness (QED) is 0.107. The van der Waals surface area contributed by atoms with E-state index in [9.17, 15) is 18.0 Å². The number of thioether (sulfide) groups is 1. The number of esters is 1. The normalized spacial score (nSPS) is 20.8. The Hall–Kier alpha value is -4.08. The summed E-state index contributed by atoms with van der Waals surface area (Å²) in [4.78, 5) is 27.5. The molecule has 2 saturated heterocycles. The number of β-lactam (4-membered cyclic amide) rings is 1. The van der Waals surface area contributed by atoms with Crippen LogP contribution in [0.4, 0.5) is 0 Å². The van der Waals surface area contributed by atoms with Crippen LogP contribution in [0.5, 0.6) is 5.75 Å². The third-order valence-electron chi connectivity index (χ3n) is 7.56. The second-order valence-corrected chi connectivity index (χ2v) is 15.6. The zero-order chi connectivity index (χ0) is 31.1. The Morgan fingerprint density at radius 1 is 1.09 bits per heavy atom. The first-order valence-electron chi connectivity index (χ1n) is 13.6. The number of carbonyl (C=O) groups excluding carboxylic acids is 2. The maximum Gasteiger partial charge on any atom is 0.330 e. The fourth-order valence-corrected chi connectivity index (χ4v) is 9.09. The van der Waals surface area contributed by atoms with Gasteiger partial charge < -0.3 is 14.4 Å². The third-order valence-corrected chi connectivity index (χ3v) is 12.4. The third kappa shape index (κ3) is 5.39. The van der Waals surface area contributed by atoms with Gasteiger partial charge in [0.2, 0.25) is 0 Å². The maximum absolute atomic E-state index is 13.5. The van der Waals surface area contributed by atoms with E-state index in [2.05, 4.69) is 20.5 Å². The molecular formula is C29H28N6O6S3. The molecule has 0 unspecified atom stereocenters. The van der Waals surface area contributed by atoms with E-state index in [0.29, 0.717) is 29.3 Å². The molecule has 0 bridgehead atoms. The molecule has 1 amide bonds. The Kier molecular flexibility index (Phi) is 8.02. The molecule has 6 rings (SSSR count). The number of aryl methyl sites for hydroxylation is 1. The summed E-state index contributed by atoms with van der Waals surface area (Å²) in [5, 5.41) is 16.3. The maximum atomic E-state index is 13.5. The second kappa shape index (κ2) is 11.8. The van der Waals surface area contributed by atoms with Gasteiger partial charge in [0.15, 0.2) is 25.6 Å². The van der Waals surface area contributed by atoms with Gasteiger partial charge in [0, 0.05) is 11.3 Å². The summed E-state index contributed by atoms with van der Waals surface area (Å²) in [5.41, 5.74) is 2.11. The van der Waals surface area contributed by atoms with Gasteiger partial charge in [-0.15, -0.1) is 15.3 Å². The van der Waals surface area contributed by atoms with E-state index in [1.54, 1.807) is 54.0 Å². The Morgan fingerprint density at radius 2 is 1.84 bits per heavy atom. The largest absolute Gasteiger partial charge is 0.497 e. The molecule has 4 heterocycles. The predicted octanol–water partition coefficient (Wildman–Crippen LogP) is 3.47. The van der Waals surface area contributed by atoms with Crippen LogP contribution in [0, 0.1) is 0 Å². The number of sulfone groups is 1. The van der Waals surface area contributed by atoms with Gasteiger partial charge >= 0.3 is 5.97 Å². The summed E-state index contributed by atoms with van der Waals surface area (Å²) in [7, 11) is -2.41.